The topological polar surface area (TPSA) is 68.5 Å². The number of amides is 1. The highest BCUT2D eigenvalue weighted by atomic mass is 79.9. The van der Waals surface area contributed by atoms with Crippen molar-refractivity contribution in [3.63, 3.8) is 0 Å². The summed E-state index contributed by atoms with van der Waals surface area (Å²) >= 11 is 6.70. The average molecular weight is 453 g/mol. The van der Waals surface area contributed by atoms with Gasteiger partial charge in [-0.2, -0.15) is 0 Å². The second kappa shape index (κ2) is 6.78. The van der Waals surface area contributed by atoms with E-state index in [1.54, 1.807) is 36.4 Å². The van der Waals surface area contributed by atoms with Gasteiger partial charge in [0.05, 0.1) is 12.8 Å². The molecule has 0 bridgehead atoms. The number of methoxy groups -OCH3 is 1. The van der Waals surface area contributed by atoms with Gasteiger partial charge in [0, 0.05) is 14.3 Å². The fourth-order valence-electron chi connectivity index (χ4n) is 2.22. The number of para-hydroxylation sites is 1. The Kier molecular flexibility index (Phi) is 4.73. The van der Waals surface area contributed by atoms with Gasteiger partial charge >= 0.3 is 5.63 Å². The zero-order valence-electron chi connectivity index (χ0n) is 12.4. The van der Waals surface area contributed by atoms with Gasteiger partial charge in [0.1, 0.15) is 5.56 Å². The number of benzene rings is 2. The van der Waals surface area contributed by atoms with E-state index in [1.165, 1.54) is 13.2 Å². The first-order valence-corrected chi connectivity index (χ1v) is 8.45. The molecule has 0 aliphatic heterocycles. The van der Waals surface area contributed by atoms with Crippen LogP contribution in [0.15, 0.2) is 60.6 Å². The van der Waals surface area contributed by atoms with Crippen molar-refractivity contribution in [1.82, 2.24) is 0 Å². The smallest absolute Gasteiger partial charge is 0.349 e. The van der Waals surface area contributed by atoms with E-state index in [1.807, 2.05) is 0 Å². The Morgan fingerprint density at radius 2 is 1.96 bits per heavy atom. The van der Waals surface area contributed by atoms with Gasteiger partial charge < -0.3 is 14.5 Å². The van der Waals surface area contributed by atoms with Crippen molar-refractivity contribution in [3.8, 4) is 5.75 Å². The van der Waals surface area contributed by atoms with E-state index in [0.29, 0.717) is 26.9 Å². The molecule has 0 saturated heterocycles. The molecule has 1 N–H and O–H groups in total. The van der Waals surface area contributed by atoms with Crippen molar-refractivity contribution in [1.29, 1.82) is 0 Å². The van der Waals surface area contributed by atoms with Gasteiger partial charge in [-0.3, -0.25) is 4.79 Å². The molecule has 3 aromatic rings. The largest absolute Gasteiger partial charge is 0.493 e. The highest BCUT2D eigenvalue weighted by Gasteiger charge is 2.16. The summed E-state index contributed by atoms with van der Waals surface area (Å²) in [4.78, 5) is 24.6. The summed E-state index contributed by atoms with van der Waals surface area (Å²) in [6.45, 7) is 0. The first kappa shape index (κ1) is 16.7. The van der Waals surface area contributed by atoms with Crippen LogP contribution in [-0.2, 0) is 0 Å². The molecule has 0 fully saturated rings. The second-order valence-corrected chi connectivity index (χ2v) is 6.67. The molecule has 0 radical (unpaired) electrons. The summed E-state index contributed by atoms with van der Waals surface area (Å²) < 4.78 is 12.0. The third-order valence-corrected chi connectivity index (χ3v) is 4.52. The van der Waals surface area contributed by atoms with Crippen LogP contribution in [0.1, 0.15) is 10.4 Å². The molecule has 1 aromatic heterocycles. The lowest BCUT2D eigenvalue weighted by Crippen LogP contribution is -2.20. The molecule has 0 saturated carbocycles. The van der Waals surface area contributed by atoms with Crippen LogP contribution in [0.5, 0.6) is 5.75 Å². The van der Waals surface area contributed by atoms with Crippen molar-refractivity contribution in [2.45, 2.75) is 0 Å². The average Bonchev–Trinajstić information content (AvgIpc) is 2.56. The van der Waals surface area contributed by atoms with Crippen LogP contribution >= 0.6 is 31.9 Å². The predicted octanol–water partition coefficient (Wildman–Crippen LogP) is 4.58. The molecular weight excluding hydrogens is 442 g/mol. The molecule has 5 nitrogen and oxygen atoms in total. The molecule has 7 heteroatoms. The van der Waals surface area contributed by atoms with Crippen molar-refractivity contribution in [3.05, 3.63) is 67.4 Å². The van der Waals surface area contributed by atoms with E-state index in [-0.39, 0.29) is 5.56 Å². The van der Waals surface area contributed by atoms with Crippen LogP contribution in [-0.4, -0.2) is 13.0 Å². The lowest BCUT2D eigenvalue weighted by atomic mass is 10.1. The molecule has 0 spiro atoms. The van der Waals surface area contributed by atoms with Gasteiger partial charge in [0.15, 0.2) is 11.3 Å². The molecule has 0 aliphatic carbocycles. The van der Waals surface area contributed by atoms with Crippen LogP contribution in [0.25, 0.3) is 11.0 Å². The summed E-state index contributed by atoms with van der Waals surface area (Å²) in [6, 6.07) is 12.0. The third-order valence-electron chi connectivity index (χ3n) is 3.37. The highest BCUT2D eigenvalue weighted by molar-refractivity contribution is 9.11. The summed E-state index contributed by atoms with van der Waals surface area (Å²) in [5.41, 5.74) is 0.0583. The number of rotatable bonds is 3. The van der Waals surface area contributed by atoms with E-state index in [9.17, 15) is 9.59 Å². The normalized spacial score (nSPS) is 10.6. The number of carbonyl (C=O) groups is 1. The number of ether oxygens (including phenoxy) is 1. The summed E-state index contributed by atoms with van der Waals surface area (Å²) in [5.74, 6) is -0.108. The van der Waals surface area contributed by atoms with E-state index >= 15 is 0 Å². The minimum absolute atomic E-state index is 0.0782. The Morgan fingerprint density at radius 3 is 2.67 bits per heavy atom. The lowest BCUT2D eigenvalue weighted by Gasteiger charge is -2.08. The van der Waals surface area contributed by atoms with Crippen LogP contribution in [0.3, 0.4) is 0 Å². The summed E-state index contributed by atoms with van der Waals surface area (Å²) in [5, 5.41) is 3.30. The van der Waals surface area contributed by atoms with Gasteiger partial charge in [-0.15, -0.1) is 0 Å². The number of carbonyl (C=O) groups excluding carboxylic acids is 1. The van der Waals surface area contributed by atoms with Gasteiger partial charge in [-0.05, 0) is 46.3 Å². The van der Waals surface area contributed by atoms with Crippen molar-refractivity contribution >= 4 is 54.4 Å². The minimum Gasteiger partial charge on any atom is -0.493 e. The fraction of sp³-hybridized carbons (Fsp3) is 0.0588. The number of hydrogen-bond acceptors (Lipinski definition) is 4. The minimum atomic E-state index is -0.724. The molecule has 0 atom stereocenters. The Balaban J connectivity index is 2.01. The van der Waals surface area contributed by atoms with Gasteiger partial charge in [-0.25, -0.2) is 4.79 Å². The lowest BCUT2D eigenvalue weighted by molar-refractivity contribution is 0.102. The maximum absolute atomic E-state index is 12.4. The highest BCUT2D eigenvalue weighted by Crippen LogP contribution is 2.27. The van der Waals surface area contributed by atoms with Crippen molar-refractivity contribution < 1.29 is 13.9 Å². The number of fused-ring (bicyclic) bond motifs is 1. The molecule has 24 heavy (non-hydrogen) atoms. The first-order chi connectivity index (χ1) is 11.5. The Bertz CT molecular complexity index is 998. The number of hydrogen-bond donors (Lipinski definition) is 1. The van der Waals surface area contributed by atoms with Crippen LogP contribution in [0.4, 0.5) is 5.69 Å². The van der Waals surface area contributed by atoms with E-state index in [2.05, 4.69) is 37.2 Å². The SMILES string of the molecule is COc1cccc2cc(C(=O)Nc3ccc(Br)cc3Br)c(=O)oc12. The van der Waals surface area contributed by atoms with Crippen LogP contribution < -0.4 is 15.7 Å². The predicted molar refractivity (Wildman–Crippen MR) is 98.8 cm³/mol. The molecule has 0 aliphatic rings. The summed E-state index contributed by atoms with van der Waals surface area (Å²) in [7, 11) is 1.49. The van der Waals surface area contributed by atoms with Gasteiger partial charge in [-0.1, -0.05) is 28.1 Å². The zero-order valence-corrected chi connectivity index (χ0v) is 15.6. The zero-order chi connectivity index (χ0) is 17.3. The Labute approximate surface area is 153 Å². The summed E-state index contributed by atoms with van der Waals surface area (Å²) in [6.07, 6.45) is 0. The van der Waals surface area contributed by atoms with Gasteiger partial charge in [0.2, 0.25) is 0 Å². The molecule has 122 valence electrons. The van der Waals surface area contributed by atoms with Crippen LogP contribution in [0, 0.1) is 0 Å². The molecule has 2 aromatic carbocycles. The Hall–Kier alpha value is -2.12. The fourth-order valence-corrected chi connectivity index (χ4v) is 3.36. The Morgan fingerprint density at radius 1 is 1.17 bits per heavy atom. The van der Waals surface area contributed by atoms with E-state index < -0.39 is 11.5 Å². The monoisotopic (exact) mass is 451 g/mol. The molecule has 1 amide bonds. The molecule has 1 heterocycles. The van der Waals surface area contributed by atoms with E-state index in [4.69, 9.17) is 9.15 Å². The van der Waals surface area contributed by atoms with Crippen LogP contribution in [0.2, 0.25) is 0 Å². The first-order valence-electron chi connectivity index (χ1n) is 6.87. The number of halogens is 2. The quantitative estimate of drug-likeness (QED) is 0.590. The number of nitrogens with one attached hydrogen (secondary N) is 1. The molecular formula is C17H11Br2NO4. The van der Waals surface area contributed by atoms with Gasteiger partial charge in [0.25, 0.3) is 5.91 Å². The third kappa shape index (κ3) is 3.22. The molecule has 0 unspecified atom stereocenters. The molecule has 3 rings (SSSR count). The second-order valence-electron chi connectivity index (χ2n) is 4.90. The standard InChI is InChI=1S/C17H11Br2NO4/c1-23-14-4-2-3-9-7-11(17(22)24-15(9)14)16(21)20-13-6-5-10(18)8-12(13)19/h2-8H,1H3,(H,20,21). The van der Waals surface area contributed by atoms with Crippen molar-refractivity contribution in [2.75, 3.05) is 12.4 Å². The van der Waals surface area contributed by atoms with Crippen molar-refractivity contribution in [2.24, 2.45) is 0 Å². The maximum Gasteiger partial charge on any atom is 0.349 e. The number of anilines is 1. The van der Waals surface area contributed by atoms with E-state index in [0.717, 1.165) is 4.47 Å². The maximum atomic E-state index is 12.4.